The standard InChI is InChI=1S/C9H11BrClN/c1-3-7-4-5-9(12(2)10)8(11)6-7/h4-6H,3H2,1-2H3. The fourth-order valence-corrected chi connectivity index (χ4v) is 1.76. The van der Waals surface area contributed by atoms with Gasteiger partial charge in [0.25, 0.3) is 0 Å². The van der Waals surface area contributed by atoms with Gasteiger partial charge in [0.2, 0.25) is 0 Å². The second-order valence-corrected chi connectivity index (χ2v) is 4.09. The first-order valence-electron chi connectivity index (χ1n) is 3.83. The molecule has 0 aliphatic heterocycles. The highest BCUT2D eigenvalue weighted by Gasteiger charge is 2.02. The zero-order chi connectivity index (χ0) is 9.14. The second kappa shape index (κ2) is 4.15. The van der Waals surface area contributed by atoms with Crippen LogP contribution in [0.4, 0.5) is 5.69 Å². The van der Waals surface area contributed by atoms with Crippen molar-refractivity contribution in [3.05, 3.63) is 28.8 Å². The molecule has 1 nitrogen and oxygen atoms in total. The van der Waals surface area contributed by atoms with Crippen molar-refractivity contribution in [2.45, 2.75) is 13.3 Å². The number of nitrogens with zero attached hydrogens (tertiary/aromatic N) is 1. The summed E-state index contributed by atoms with van der Waals surface area (Å²) in [5, 5.41) is 0.786. The number of hydrogen-bond donors (Lipinski definition) is 0. The Kier molecular flexibility index (Phi) is 3.41. The van der Waals surface area contributed by atoms with Crippen LogP contribution in [0.2, 0.25) is 5.02 Å². The van der Waals surface area contributed by atoms with E-state index in [9.17, 15) is 0 Å². The topological polar surface area (TPSA) is 3.24 Å². The maximum absolute atomic E-state index is 6.03. The molecule has 66 valence electrons. The maximum Gasteiger partial charge on any atom is 0.0654 e. The summed E-state index contributed by atoms with van der Waals surface area (Å²) in [5.74, 6) is 0. The highest BCUT2D eigenvalue weighted by Crippen LogP contribution is 2.27. The van der Waals surface area contributed by atoms with Gasteiger partial charge in [-0.15, -0.1) is 0 Å². The number of anilines is 1. The molecule has 3 heteroatoms. The summed E-state index contributed by atoms with van der Waals surface area (Å²) in [7, 11) is 1.91. The van der Waals surface area contributed by atoms with Gasteiger partial charge < -0.3 is 3.93 Å². The summed E-state index contributed by atoms with van der Waals surface area (Å²) in [4.78, 5) is 0. The zero-order valence-corrected chi connectivity index (χ0v) is 9.48. The highest BCUT2D eigenvalue weighted by atomic mass is 79.9. The molecule has 0 heterocycles. The van der Waals surface area contributed by atoms with Gasteiger partial charge in [0.05, 0.1) is 10.7 Å². The Morgan fingerprint density at radius 2 is 2.17 bits per heavy atom. The van der Waals surface area contributed by atoms with Crippen LogP contribution in [-0.4, -0.2) is 7.05 Å². The monoisotopic (exact) mass is 247 g/mol. The first-order chi connectivity index (χ1) is 5.65. The quantitative estimate of drug-likeness (QED) is 0.722. The van der Waals surface area contributed by atoms with E-state index in [1.165, 1.54) is 5.56 Å². The lowest BCUT2D eigenvalue weighted by Crippen LogP contribution is -2.00. The highest BCUT2D eigenvalue weighted by molar-refractivity contribution is 9.10. The van der Waals surface area contributed by atoms with Crippen LogP contribution in [0.25, 0.3) is 0 Å². The molecule has 1 rings (SSSR count). The van der Waals surface area contributed by atoms with Gasteiger partial charge in [-0.1, -0.05) is 24.6 Å². The van der Waals surface area contributed by atoms with Crippen molar-refractivity contribution < 1.29 is 0 Å². The van der Waals surface area contributed by atoms with E-state index in [4.69, 9.17) is 11.6 Å². The fourth-order valence-electron chi connectivity index (χ4n) is 1.02. The van der Waals surface area contributed by atoms with Gasteiger partial charge >= 0.3 is 0 Å². The van der Waals surface area contributed by atoms with Crippen molar-refractivity contribution in [3.63, 3.8) is 0 Å². The van der Waals surface area contributed by atoms with Crippen LogP contribution < -0.4 is 3.93 Å². The Hall–Kier alpha value is -0.210. The molecule has 0 atom stereocenters. The van der Waals surface area contributed by atoms with E-state index in [0.29, 0.717) is 0 Å². The average Bonchev–Trinajstić information content (AvgIpc) is 2.03. The fraction of sp³-hybridized carbons (Fsp3) is 0.333. The lowest BCUT2D eigenvalue weighted by Gasteiger charge is -2.12. The van der Waals surface area contributed by atoms with Gasteiger partial charge in [0.15, 0.2) is 0 Å². The molecule has 0 fully saturated rings. The van der Waals surface area contributed by atoms with Crippen LogP contribution in [0, 0.1) is 0 Å². The molecule has 1 aromatic rings. The summed E-state index contributed by atoms with van der Waals surface area (Å²) in [5.41, 5.74) is 2.26. The van der Waals surface area contributed by atoms with Crippen molar-refractivity contribution in [2.75, 3.05) is 11.0 Å². The maximum atomic E-state index is 6.03. The minimum atomic E-state index is 0.786. The smallest absolute Gasteiger partial charge is 0.0654 e. The van der Waals surface area contributed by atoms with Crippen LogP contribution in [-0.2, 0) is 6.42 Å². The molecule has 0 radical (unpaired) electrons. The van der Waals surface area contributed by atoms with E-state index in [0.717, 1.165) is 17.1 Å². The van der Waals surface area contributed by atoms with E-state index in [1.54, 1.807) is 0 Å². The molecule has 0 aliphatic rings. The normalized spacial score (nSPS) is 10.0. The lowest BCUT2D eigenvalue weighted by molar-refractivity contribution is 1.14. The molecular weight excluding hydrogens is 237 g/mol. The molecule has 0 saturated heterocycles. The summed E-state index contributed by atoms with van der Waals surface area (Å²) in [6, 6.07) is 6.09. The molecule has 1 aromatic carbocycles. The predicted molar refractivity (Wildman–Crippen MR) is 58.2 cm³/mol. The number of benzene rings is 1. The summed E-state index contributed by atoms with van der Waals surface area (Å²) >= 11 is 9.36. The predicted octanol–water partition coefficient (Wildman–Crippen LogP) is 3.65. The Morgan fingerprint density at radius 3 is 2.58 bits per heavy atom. The van der Waals surface area contributed by atoms with Crippen molar-refractivity contribution in [2.24, 2.45) is 0 Å². The SMILES string of the molecule is CCc1ccc(N(C)Br)c(Cl)c1. The van der Waals surface area contributed by atoms with E-state index >= 15 is 0 Å². The minimum absolute atomic E-state index is 0.786. The third-order valence-electron chi connectivity index (χ3n) is 1.75. The summed E-state index contributed by atoms with van der Waals surface area (Å²) in [6.45, 7) is 2.11. The van der Waals surface area contributed by atoms with E-state index in [2.05, 4.69) is 29.1 Å². The Labute approximate surface area is 86.7 Å². The number of rotatable bonds is 2. The van der Waals surface area contributed by atoms with Gasteiger partial charge in [-0.3, -0.25) is 0 Å². The van der Waals surface area contributed by atoms with Gasteiger partial charge in [0.1, 0.15) is 0 Å². The van der Waals surface area contributed by atoms with Crippen molar-refractivity contribution in [1.82, 2.24) is 0 Å². The third kappa shape index (κ3) is 2.14. The van der Waals surface area contributed by atoms with E-state index in [-0.39, 0.29) is 0 Å². The first kappa shape index (κ1) is 9.87. The van der Waals surface area contributed by atoms with Crippen molar-refractivity contribution in [1.29, 1.82) is 0 Å². The number of halogens is 2. The van der Waals surface area contributed by atoms with Gasteiger partial charge in [-0.2, -0.15) is 0 Å². The van der Waals surface area contributed by atoms with Crippen LogP contribution >= 0.6 is 27.7 Å². The molecule has 0 amide bonds. The molecule has 0 bridgehead atoms. The largest absolute Gasteiger partial charge is 0.310 e. The van der Waals surface area contributed by atoms with Crippen molar-refractivity contribution in [3.8, 4) is 0 Å². The Balaban J connectivity index is 3.03. The van der Waals surface area contributed by atoms with Crippen molar-refractivity contribution >= 4 is 33.4 Å². The van der Waals surface area contributed by atoms with E-state index < -0.39 is 0 Å². The number of aryl methyl sites for hydroxylation is 1. The first-order valence-corrected chi connectivity index (χ1v) is 4.91. The molecule has 0 N–H and O–H groups in total. The Morgan fingerprint density at radius 1 is 1.50 bits per heavy atom. The van der Waals surface area contributed by atoms with Crippen LogP contribution in [0.5, 0.6) is 0 Å². The molecule has 0 aliphatic carbocycles. The number of hydrogen-bond acceptors (Lipinski definition) is 1. The second-order valence-electron chi connectivity index (χ2n) is 2.62. The minimum Gasteiger partial charge on any atom is -0.310 e. The van der Waals surface area contributed by atoms with Crippen LogP contribution in [0.1, 0.15) is 12.5 Å². The van der Waals surface area contributed by atoms with E-state index in [1.807, 2.05) is 23.1 Å². The summed E-state index contributed by atoms with van der Waals surface area (Å²) < 4.78 is 1.83. The average molecular weight is 249 g/mol. The zero-order valence-electron chi connectivity index (χ0n) is 7.14. The molecule has 0 saturated carbocycles. The molecule has 0 unspecified atom stereocenters. The molecular formula is C9H11BrClN. The van der Waals surface area contributed by atoms with Gasteiger partial charge in [-0.25, -0.2) is 0 Å². The van der Waals surface area contributed by atoms with Crippen LogP contribution in [0.3, 0.4) is 0 Å². The molecule has 12 heavy (non-hydrogen) atoms. The summed E-state index contributed by atoms with van der Waals surface area (Å²) in [6.07, 6.45) is 1.02. The van der Waals surface area contributed by atoms with Gasteiger partial charge in [-0.05, 0) is 24.1 Å². The molecule has 0 spiro atoms. The van der Waals surface area contributed by atoms with Gasteiger partial charge in [0, 0.05) is 23.2 Å². The lowest BCUT2D eigenvalue weighted by atomic mass is 10.1. The Bertz CT molecular complexity index is 273. The molecule has 0 aromatic heterocycles. The third-order valence-corrected chi connectivity index (χ3v) is 2.44. The van der Waals surface area contributed by atoms with Crippen LogP contribution in [0.15, 0.2) is 18.2 Å².